The molecule has 7 nitrogen and oxygen atoms in total. The second-order valence-corrected chi connectivity index (χ2v) is 4.75. The summed E-state index contributed by atoms with van der Waals surface area (Å²) in [7, 11) is 1.84. The van der Waals surface area contributed by atoms with Crippen molar-refractivity contribution in [2.45, 2.75) is 38.0 Å². The smallest absolute Gasteiger partial charge is 0.199 e. The van der Waals surface area contributed by atoms with E-state index in [1.165, 1.54) is 19.3 Å². The van der Waals surface area contributed by atoms with E-state index in [2.05, 4.69) is 25.0 Å². The highest BCUT2D eigenvalue weighted by Gasteiger charge is 2.23. The molecule has 1 fully saturated rings. The lowest BCUT2D eigenvalue weighted by Gasteiger charge is -2.18. The minimum absolute atomic E-state index is 0.251. The quantitative estimate of drug-likeness (QED) is 0.865. The fourth-order valence-electron chi connectivity index (χ4n) is 2.49. The van der Waals surface area contributed by atoms with Crippen molar-refractivity contribution in [2.75, 3.05) is 5.73 Å². The molecule has 2 N–H and O–H groups in total. The van der Waals surface area contributed by atoms with Crippen molar-refractivity contribution in [3.05, 3.63) is 5.82 Å². The van der Waals surface area contributed by atoms with Gasteiger partial charge in [0.15, 0.2) is 23.2 Å². The van der Waals surface area contributed by atoms with E-state index in [9.17, 15) is 0 Å². The van der Waals surface area contributed by atoms with Crippen LogP contribution in [-0.4, -0.2) is 25.1 Å². The summed E-state index contributed by atoms with van der Waals surface area (Å²) in [6.45, 7) is 0. The van der Waals surface area contributed by atoms with Crippen LogP contribution in [0, 0.1) is 0 Å². The van der Waals surface area contributed by atoms with Crippen LogP contribution in [0.5, 0.6) is 0 Å². The Hall–Kier alpha value is -1.92. The molecule has 0 aromatic carbocycles. The summed E-state index contributed by atoms with van der Waals surface area (Å²) in [5.41, 5.74) is 6.15. The Morgan fingerprint density at radius 3 is 2.67 bits per heavy atom. The highest BCUT2D eigenvalue weighted by molar-refractivity contribution is 5.62. The third-order valence-electron chi connectivity index (χ3n) is 3.48. The summed E-state index contributed by atoms with van der Waals surface area (Å²) in [4.78, 5) is 4.55. The Labute approximate surface area is 104 Å². The first kappa shape index (κ1) is 11.2. The van der Waals surface area contributed by atoms with E-state index in [0.29, 0.717) is 17.4 Å². The Kier molecular flexibility index (Phi) is 2.73. The van der Waals surface area contributed by atoms with Gasteiger partial charge in [0.1, 0.15) is 0 Å². The standard InChI is InChI=1S/C11H16N6O/c1-17-11(8-9(12)16-18-15-8)13-10(14-17)7-5-3-2-4-6-7/h7H,2-6H2,1H3,(H2,12,16). The highest BCUT2D eigenvalue weighted by Crippen LogP contribution is 2.32. The maximum absolute atomic E-state index is 5.68. The van der Waals surface area contributed by atoms with Crippen LogP contribution in [0.15, 0.2) is 4.63 Å². The molecule has 0 amide bonds. The number of aromatic nitrogens is 5. The van der Waals surface area contributed by atoms with Gasteiger partial charge in [-0.05, 0) is 23.2 Å². The third kappa shape index (κ3) is 1.85. The topological polar surface area (TPSA) is 95.6 Å². The predicted octanol–water partition coefficient (Wildman–Crippen LogP) is 1.49. The maximum atomic E-state index is 5.68. The minimum Gasteiger partial charge on any atom is -0.379 e. The second kappa shape index (κ2) is 4.40. The molecular formula is C11H16N6O. The molecule has 0 unspecified atom stereocenters. The zero-order valence-electron chi connectivity index (χ0n) is 10.3. The van der Waals surface area contributed by atoms with E-state index in [0.717, 1.165) is 18.7 Å². The van der Waals surface area contributed by atoms with E-state index in [1.807, 2.05) is 7.05 Å². The summed E-state index contributed by atoms with van der Waals surface area (Å²) in [5.74, 6) is 2.21. The van der Waals surface area contributed by atoms with E-state index in [-0.39, 0.29) is 5.82 Å². The molecule has 7 heteroatoms. The molecule has 0 atom stereocenters. The van der Waals surface area contributed by atoms with Crippen LogP contribution in [0.3, 0.4) is 0 Å². The van der Waals surface area contributed by atoms with Crippen molar-refractivity contribution in [2.24, 2.45) is 7.05 Å². The Morgan fingerprint density at radius 2 is 2.00 bits per heavy atom. The van der Waals surface area contributed by atoms with Crippen LogP contribution in [0.2, 0.25) is 0 Å². The van der Waals surface area contributed by atoms with Gasteiger partial charge in [-0.25, -0.2) is 14.3 Å². The van der Waals surface area contributed by atoms with Crippen LogP contribution >= 0.6 is 0 Å². The lowest BCUT2D eigenvalue weighted by molar-refractivity contribution is 0.310. The van der Waals surface area contributed by atoms with Gasteiger partial charge in [-0.2, -0.15) is 5.10 Å². The second-order valence-electron chi connectivity index (χ2n) is 4.75. The van der Waals surface area contributed by atoms with Crippen LogP contribution < -0.4 is 5.73 Å². The molecular weight excluding hydrogens is 232 g/mol. The van der Waals surface area contributed by atoms with Crippen molar-refractivity contribution in [3.63, 3.8) is 0 Å². The van der Waals surface area contributed by atoms with Gasteiger partial charge in [0.2, 0.25) is 0 Å². The van der Waals surface area contributed by atoms with Gasteiger partial charge in [0.05, 0.1) is 0 Å². The van der Waals surface area contributed by atoms with E-state index < -0.39 is 0 Å². The van der Waals surface area contributed by atoms with Gasteiger partial charge in [-0.3, -0.25) is 0 Å². The van der Waals surface area contributed by atoms with Crippen molar-refractivity contribution < 1.29 is 4.63 Å². The van der Waals surface area contributed by atoms with Crippen LogP contribution in [-0.2, 0) is 7.05 Å². The van der Waals surface area contributed by atoms with Crippen molar-refractivity contribution >= 4 is 5.82 Å². The third-order valence-corrected chi connectivity index (χ3v) is 3.48. The molecule has 0 aliphatic heterocycles. The van der Waals surface area contributed by atoms with Gasteiger partial charge in [-0.1, -0.05) is 19.3 Å². The van der Waals surface area contributed by atoms with Crippen molar-refractivity contribution in [3.8, 4) is 11.5 Å². The Morgan fingerprint density at radius 1 is 1.22 bits per heavy atom. The number of nitrogens with two attached hydrogens (primary N) is 1. The van der Waals surface area contributed by atoms with Gasteiger partial charge in [0, 0.05) is 13.0 Å². The van der Waals surface area contributed by atoms with Crippen LogP contribution in [0.25, 0.3) is 11.5 Å². The van der Waals surface area contributed by atoms with Crippen LogP contribution in [0.4, 0.5) is 5.82 Å². The van der Waals surface area contributed by atoms with E-state index in [1.54, 1.807) is 4.68 Å². The molecule has 1 aliphatic rings. The largest absolute Gasteiger partial charge is 0.379 e. The molecule has 0 radical (unpaired) electrons. The summed E-state index contributed by atoms with van der Waals surface area (Å²) >= 11 is 0. The maximum Gasteiger partial charge on any atom is 0.199 e. The summed E-state index contributed by atoms with van der Waals surface area (Å²) in [5, 5.41) is 11.8. The van der Waals surface area contributed by atoms with Crippen molar-refractivity contribution in [1.82, 2.24) is 25.1 Å². The molecule has 0 saturated heterocycles. The number of nitrogens with zero attached hydrogens (tertiary/aromatic N) is 5. The molecule has 96 valence electrons. The molecule has 2 aromatic rings. The summed E-state index contributed by atoms with van der Waals surface area (Å²) in [6, 6.07) is 0. The number of rotatable bonds is 2. The van der Waals surface area contributed by atoms with Gasteiger partial charge in [-0.15, -0.1) is 0 Å². The fourth-order valence-corrected chi connectivity index (χ4v) is 2.49. The zero-order chi connectivity index (χ0) is 12.5. The lowest BCUT2D eigenvalue weighted by Crippen LogP contribution is -2.06. The zero-order valence-corrected chi connectivity index (χ0v) is 10.3. The first-order valence-corrected chi connectivity index (χ1v) is 6.25. The molecule has 2 aromatic heterocycles. The molecule has 2 heterocycles. The van der Waals surface area contributed by atoms with E-state index in [4.69, 9.17) is 5.73 Å². The van der Waals surface area contributed by atoms with Crippen molar-refractivity contribution in [1.29, 1.82) is 0 Å². The number of nitrogen functional groups attached to an aromatic ring is 1. The predicted molar refractivity (Wildman–Crippen MR) is 64.5 cm³/mol. The average Bonchev–Trinajstić information content (AvgIpc) is 2.96. The Balaban J connectivity index is 1.93. The van der Waals surface area contributed by atoms with Gasteiger partial charge in [0.25, 0.3) is 0 Å². The first-order chi connectivity index (χ1) is 8.75. The number of hydrogen-bond donors (Lipinski definition) is 1. The number of hydrogen-bond acceptors (Lipinski definition) is 6. The molecule has 18 heavy (non-hydrogen) atoms. The first-order valence-electron chi connectivity index (χ1n) is 6.25. The normalized spacial score (nSPS) is 17.2. The fraction of sp³-hybridized carbons (Fsp3) is 0.636. The number of aryl methyl sites for hydroxylation is 1. The molecule has 0 bridgehead atoms. The Bertz CT molecular complexity index is 539. The lowest BCUT2D eigenvalue weighted by atomic mass is 9.89. The monoisotopic (exact) mass is 248 g/mol. The van der Waals surface area contributed by atoms with Crippen LogP contribution in [0.1, 0.15) is 43.8 Å². The molecule has 3 rings (SSSR count). The minimum atomic E-state index is 0.251. The summed E-state index contributed by atoms with van der Waals surface area (Å²) in [6.07, 6.45) is 6.15. The summed E-state index contributed by atoms with van der Waals surface area (Å²) < 4.78 is 6.30. The molecule has 1 saturated carbocycles. The van der Waals surface area contributed by atoms with Gasteiger partial charge < -0.3 is 5.73 Å². The SMILES string of the molecule is Cn1nc(C2CCCCC2)nc1-c1nonc1N. The number of anilines is 1. The molecule has 0 spiro atoms. The van der Waals surface area contributed by atoms with Gasteiger partial charge >= 0.3 is 0 Å². The highest BCUT2D eigenvalue weighted by atomic mass is 16.6. The molecule has 1 aliphatic carbocycles. The average molecular weight is 248 g/mol. The van der Waals surface area contributed by atoms with E-state index >= 15 is 0 Å².